The van der Waals surface area contributed by atoms with Gasteiger partial charge >= 0.3 is 0 Å². The minimum absolute atomic E-state index is 0.672. The first kappa shape index (κ1) is 13.2. The van der Waals surface area contributed by atoms with Gasteiger partial charge in [0, 0.05) is 4.91 Å². The van der Waals surface area contributed by atoms with Crippen LogP contribution < -0.4 is 0 Å². The Morgan fingerprint density at radius 3 is 2.21 bits per heavy atom. The Labute approximate surface area is 113 Å². The first-order valence-corrected chi connectivity index (χ1v) is 6.27. The van der Waals surface area contributed by atoms with E-state index in [0.717, 1.165) is 11.1 Å². The molecule has 2 aromatic carbocycles. The molecule has 2 aromatic rings. The van der Waals surface area contributed by atoms with Crippen molar-refractivity contribution >= 4 is 0 Å². The molecule has 0 saturated carbocycles. The highest BCUT2D eigenvalue weighted by Gasteiger charge is 2.27. The number of aryl methyl sites for hydroxylation is 2. The van der Waals surface area contributed by atoms with E-state index in [9.17, 15) is 0 Å². The molecule has 0 unspecified atom stereocenters. The Balaban J connectivity index is 2.63. The van der Waals surface area contributed by atoms with Crippen molar-refractivity contribution in [3.05, 3.63) is 81.2 Å². The molecule has 19 heavy (non-hydrogen) atoms. The van der Waals surface area contributed by atoms with Crippen LogP contribution in [0.1, 0.15) is 29.2 Å². The van der Waals surface area contributed by atoms with E-state index >= 15 is 0 Å². The minimum atomic E-state index is -0.672. The molecule has 1 atom stereocenters. The lowest BCUT2D eigenvalue weighted by atomic mass is 9.84. The van der Waals surface area contributed by atoms with Gasteiger partial charge in [-0.3, -0.25) is 0 Å². The smallest absolute Gasteiger partial charge is 0.0781 e. The van der Waals surface area contributed by atoms with E-state index in [-0.39, 0.29) is 0 Å². The summed E-state index contributed by atoms with van der Waals surface area (Å²) in [5, 5.41) is 4.05. The molecular formula is C16H17N3. The molecule has 0 radical (unpaired) electrons. The molecular weight excluding hydrogens is 234 g/mol. The Bertz CT molecular complexity index is 628. The molecule has 0 N–H and O–H groups in total. The number of hydrogen-bond donors (Lipinski definition) is 0. The van der Waals surface area contributed by atoms with Crippen LogP contribution in [0.2, 0.25) is 0 Å². The molecule has 96 valence electrons. The van der Waals surface area contributed by atoms with Crippen LogP contribution in [-0.2, 0) is 5.54 Å². The lowest BCUT2D eigenvalue weighted by molar-refractivity contribution is 0.597. The first-order chi connectivity index (χ1) is 9.08. The molecule has 3 heteroatoms. The third-order valence-electron chi connectivity index (χ3n) is 3.65. The van der Waals surface area contributed by atoms with Gasteiger partial charge in [0.25, 0.3) is 0 Å². The molecule has 0 bridgehead atoms. The van der Waals surface area contributed by atoms with E-state index < -0.39 is 5.54 Å². The van der Waals surface area contributed by atoms with Crippen molar-refractivity contribution in [2.75, 3.05) is 0 Å². The van der Waals surface area contributed by atoms with Crippen molar-refractivity contribution in [1.82, 2.24) is 0 Å². The molecule has 0 saturated heterocycles. The van der Waals surface area contributed by atoms with Gasteiger partial charge in [0.15, 0.2) is 0 Å². The number of rotatable bonds is 3. The Kier molecular flexibility index (Phi) is 3.59. The van der Waals surface area contributed by atoms with Crippen LogP contribution in [0.5, 0.6) is 0 Å². The van der Waals surface area contributed by atoms with Gasteiger partial charge in [-0.25, -0.2) is 0 Å². The Morgan fingerprint density at radius 2 is 1.63 bits per heavy atom. The number of benzene rings is 2. The van der Waals surface area contributed by atoms with Crippen LogP contribution in [0.3, 0.4) is 0 Å². The van der Waals surface area contributed by atoms with E-state index in [1.54, 1.807) is 0 Å². The quantitative estimate of drug-likeness (QED) is 0.424. The Hall–Kier alpha value is -2.25. The van der Waals surface area contributed by atoms with Crippen LogP contribution in [0.4, 0.5) is 0 Å². The van der Waals surface area contributed by atoms with Crippen molar-refractivity contribution in [1.29, 1.82) is 0 Å². The summed E-state index contributed by atoms with van der Waals surface area (Å²) < 4.78 is 0. The van der Waals surface area contributed by atoms with Gasteiger partial charge < -0.3 is 0 Å². The standard InChI is InChI=1S/C16H17N3/c1-12-9-10-15(11-13(12)2)16(3,18-19-17)14-7-5-4-6-8-14/h4-11H,1-3H3/t16-/m1/s1. The topological polar surface area (TPSA) is 48.8 Å². The van der Waals surface area contributed by atoms with Crippen molar-refractivity contribution in [2.45, 2.75) is 26.3 Å². The fraction of sp³-hybridized carbons (Fsp3) is 0.250. The number of azide groups is 1. The molecule has 0 heterocycles. The highest BCUT2D eigenvalue weighted by Crippen LogP contribution is 2.34. The third-order valence-corrected chi connectivity index (χ3v) is 3.65. The first-order valence-electron chi connectivity index (χ1n) is 6.27. The maximum Gasteiger partial charge on any atom is 0.0959 e. The number of hydrogen-bond acceptors (Lipinski definition) is 1. The predicted octanol–water partition coefficient (Wildman–Crippen LogP) is 4.88. The predicted molar refractivity (Wildman–Crippen MR) is 78.0 cm³/mol. The zero-order chi connectivity index (χ0) is 13.9. The lowest BCUT2D eigenvalue weighted by Crippen LogP contribution is -2.20. The second-order valence-corrected chi connectivity index (χ2v) is 4.93. The highest BCUT2D eigenvalue weighted by molar-refractivity contribution is 5.41. The van der Waals surface area contributed by atoms with Crippen LogP contribution in [0.25, 0.3) is 10.4 Å². The van der Waals surface area contributed by atoms with Gasteiger partial charge in [-0.1, -0.05) is 53.6 Å². The summed E-state index contributed by atoms with van der Waals surface area (Å²) in [4.78, 5) is 3.04. The van der Waals surface area contributed by atoms with E-state index in [4.69, 9.17) is 5.53 Å². The van der Waals surface area contributed by atoms with Gasteiger partial charge in [0.2, 0.25) is 0 Å². The van der Waals surface area contributed by atoms with Crippen LogP contribution >= 0.6 is 0 Å². The van der Waals surface area contributed by atoms with Gasteiger partial charge in [0.05, 0.1) is 5.54 Å². The molecule has 0 spiro atoms. The molecule has 3 nitrogen and oxygen atoms in total. The lowest BCUT2D eigenvalue weighted by Gasteiger charge is -2.26. The molecule has 0 amide bonds. The van der Waals surface area contributed by atoms with E-state index in [2.05, 4.69) is 36.0 Å². The van der Waals surface area contributed by atoms with Crippen molar-refractivity contribution in [3.8, 4) is 0 Å². The summed E-state index contributed by atoms with van der Waals surface area (Å²) in [5.74, 6) is 0. The molecule has 2 rings (SSSR count). The average Bonchev–Trinajstić information content (AvgIpc) is 2.43. The van der Waals surface area contributed by atoms with Crippen LogP contribution in [0.15, 0.2) is 53.6 Å². The summed E-state index contributed by atoms with van der Waals surface area (Å²) in [5.41, 5.74) is 12.7. The summed E-state index contributed by atoms with van der Waals surface area (Å²) in [7, 11) is 0. The summed E-state index contributed by atoms with van der Waals surface area (Å²) in [6.45, 7) is 6.10. The maximum absolute atomic E-state index is 8.91. The molecule has 0 aliphatic carbocycles. The SMILES string of the molecule is Cc1ccc([C@](C)(N=[N+]=[N-])c2ccccc2)cc1C. The Morgan fingerprint density at radius 1 is 0.947 bits per heavy atom. The van der Waals surface area contributed by atoms with E-state index in [1.165, 1.54) is 11.1 Å². The largest absolute Gasteiger partial charge is 0.0959 e. The third kappa shape index (κ3) is 2.47. The van der Waals surface area contributed by atoms with Gasteiger partial charge in [-0.2, -0.15) is 0 Å². The minimum Gasteiger partial charge on any atom is -0.0781 e. The average molecular weight is 251 g/mol. The van der Waals surface area contributed by atoms with Gasteiger partial charge in [-0.15, -0.1) is 0 Å². The van der Waals surface area contributed by atoms with Crippen molar-refractivity contribution in [3.63, 3.8) is 0 Å². The zero-order valence-corrected chi connectivity index (χ0v) is 11.5. The van der Waals surface area contributed by atoms with E-state index in [0.29, 0.717) is 0 Å². The van der Waals surface area contributed by atoms with Crippen LogP contribution in [0, 0.1) is 13.8 Å². The summed E-state index contributed by atoms with van der Waals surface area (Å²) in [6.07, 6.45) is 0. The fourth-order valence-corrected chi connectivity index (χ4v) is 2.18. The summed E-state index contributed by atoms with van der Waals surface area (Å²) >= 11 is 0. The second-order valence-electron chi connectivity index (χ2n) is 4.93. The van der Waals surface area contributed by atoms with Crippen LogP contribution in [-0.4, -0.2) is 0 Å². The van der Waals surface area contributed by atoms with Crippen molar-refractivity contribution < 1.29 is 0 Å². The van der Waals surface area contributed by atoms with Gasteiger partial charge in [0.1, 0.15) is 0 Å². The monoisotopic (exact) mass is 251 g/mol. The van der Waals surface area contributed by atoms with E-state index in [1.807, 2.05) is 43.3 Å². The number of nitrogens with zero attached hydrogens (tertiary/aromatic N) is 3. The molecule has 0 aliphatic rings. The zero-order valence-electron chi connectivity index (χ0n) is 11.5. The maximum atomic E-state index is 8.91. The fourth-order valence-electron chi connectivity index (χ4n) is 2.18. The molecule has 0 fully saturated rings. The van der Waals surface area contributed by atoms with Gasteiger partial charge in [-0.05, 0) is 48.6 Å². The summed E-state index contributed by atoms with van der Waals surface area (Å²) in [6, 6.07) is 16.1. The molecule has 0 aromatic heterocycles. The van der Waals surface area contributed by atoms with Crippen molar-refractivity contribution in [2.24, 2.45) is 5.11 Å². The normalized spacial score (nSPS) is 13.4. The highest BCUT2D eigenvalue weighted by atomic mass is 15.2. The molecule has 0 aliphatic heterocycles. The second kappa shape index (κ2) is 5.17.